The quantitative estimate of drug-likeness (QED) is 0.745. The molecule has 2 heterocycles. The van der Waals surface area contributed by atoms with Gasteiger partial charge in [0.25, 0.3) is 0 Å². The second-order valence-electron chi connectivity index (χ2n) is 5.95. The number of ether oxygens (including phenoxy) is 1. The summed E-state index contributed by atoms with van der Waals surface area (Å²) >= 11 is 1.42. The Bertz CT molecular complexity index is 767. The van der Waals surface area contributed by atoms with Crippen molar-refractivity contribution in [3.8, 4) is 11.4 Å². The Labute approximate surface area is 156 Å². The van der Waals surface area contributed by atoms with Crippen LogP contribution in [0.5, 0.6) is 5.75 Å². The van der Waals surface area contributed by atoms with Crippen molar-refractivity contribution < 1.29 is 14.3 Å². The number of benzene rings is 1. The first-order valence-corrected chi connectivity index (χ1v) is 9.41. The number of rotatable bonds is 5. The molecule has 0 bridgehead atoms. The van der Waals surface area contributed by atoms with E-state index in [9.17, 15) is 9.59 Å². The van der Waals surface area contributed by atoms with Gasteiger partial charge in [0.15, 0.2) is 5.16 Å². The first-order chi connectivity index (χ1) is 12.6. The van der Waals surface area contributed by atoms with Gasteiger partial charge in [-0.2, -0.15) is 0 Å². The number of carbonyl (C=O) groups excluding carboxylic acids is 2. The topological polar surface area (TPSA) is 67.7 Å². The number of carbonyl (C=O) groups is 2. The van der Waals surface area contributed by atoms with Crippen LogP contribution < -0.4 is 4.74 Å². The van der Waals surface area contributed by atoms with Crippen molar-refractivity contribution >= 4 is 23.6 Å². The Morgan fingerprint density at radius 2 is 1.77 bits per heavy atom. The van der Waals surface area contributed by atoms with Crippen molar-refractivity contribution in [3.63, 3.8) is 0 Å². The molecule has 0 spiro atoms. The van der Waals surface area contributed by atoms with Gasteiger partial charge in [-0.05, 0) is 24.3 Å². The first-order valence-electron chi connectivity index (χ1n) is 8.42. The molecule has 0 aliphatic carbocycles. The number of hydrogen-bond acceptors (Lipinski definition) is 5. The molecule has 0 N–H and O–H groups in total. The van der Waals surface area contributed by atoms with Crippen molar-refractivity contribution in [1.82, 2.24) is 19.4 Å². The minimum atomic E-state index is 0.0630. The number of amides is 2. The van der Waals surface area contributed by atoms with Gasteiger partial charge in [0, 0.05) is 51.2 Å². The highest BCUT2D eigenvalue weighted by atomic mass is 32.2. The predicted octanol–water partition coefficient (Wildman–Crippen LogP) is 1.66. The molecule has 0 saturated carbocycles. The number of thioether (sulfide) groups is 1. The van der Waals surface area contributed by atoms with Crippen LogP contribution in [0.2, 0.25) is 0 Å². The number of methoxy groups -OCH3 is 1. The maximum atomic E-state index is 12.4. The molecule has 2 amide bonds. The van der Waals surface area contributed by atoms with Crippen LogP contribution in [0, 0.1) is 0 Å². The van der Waals surface area contributed by atoms with Crippen molar-refractivity contribution in [3.05, 3.63) is 36.7 Å². The summed E-state index contributed by atoms with van der Waals surface area (Å²) in [5, 5.41) is 0.769. The van der Waals surface area contributed by atoms with Gasteiger partial charge in [0.2, 0.25) is 11.8 Å². The molecule has 1 fully saturated rings. The standard InChI is InChI=1S/C18H22N4O3S/c1-14(23)20-9-11-21(12-10-20)17(24)13-26-18-19-7-8-22(18)15-3-5-16(25-2)6-4-15/h3-8H,9-13H2,1-2H3. The van der Waals surface area contributed by atoms with E-state index in [1.54, 1.807) is 25.1 Å². The van der Waals surface area contributed by atoms with Gasteiger partial charge >= 0.3 is 0 Å². The Morgan fingerprint density at radius 1 is 1.12 bits per heavy atom. The monoisotopic (exact) mass is 374 g/mol. The van der Waals surface area contributed by atoms with E-state index < -0.39 is 0 Å². The summed E-state index contributed by atoms with van der Waals surface area (Å²) in [5.41, 5.74) is 0.966. The van der Waals surface area contributed by atoms with Crippen molar-refractivity contribution in [2.75, 3.05) is 39.0 Å². The summed E-state index contributed by atoms with van der Waals surface area (Å²) < 4.78 is 7.13. The zero-order chi connectivity index (χ0) is 18.5. The molecule has 1 aliphatic heterocycles. The van der Waals surface area contributed by atoms with E-state index in [0.717, 1.165) is 16.6 Å². The van der Waals surface area contributed by atoms with Gasteiger partial charge in [-0.3, -0.25) is 14.2 Å². The highest BCUT2D eigenvalue weighted by Gasteiger charge is 2.22. The summed E-state index contributed by atoms with van der Waals surface area (Å²) in [4.78, 5) is 31.8. The number of hydrogen-bond donors (Lipinski definition) is 0. The van der Waals surface area contributed by atoms with E-state index >= 15 is 0 Å². The van der Waals surface area contributed by atoms with E-state index in [1.165, 1.54) is 11.8 Å². The van der Waals surface area contributed by atoms with Crippen LogP contribution in [0.25, 0.3) is 5.69 Å². The van der Waals surface area contributed by atoms with Crippen LogP contribution >= 0.6 is 11.8 Å². The minimum Gasteiger partial charge on any atom is -0.497 e. The van der Waals surface area contributed by atoms with E-state index in [0.29, 0.717) is 31.9 Å². The Morgan fingerprint density at radius 3 is 2.38 bits per heavy atom. The average molecular weight is 374 g/mol. The zero-order valence-corrected chi connectivity index (χ0v) is 15.7. The third kappa shape index (κ3) is 4.19. The molecule has 0 atom stereocenters. The second kappa shape index (κ2) is 8.27. The molecule has 3 rings (SSSR count). The van der Waals surface area contributed by atoms with Crippen LogP contribution in [0.15, 0.2) is 41.8 Å². The normalized spacial score (nSPS) is 14.4. The van der Waals surface area contributed by atoms with E-state index in [4.69, 9.17) is 4.74 Å². The third-order valence-corrected chi connectivity index (χ3v) is 5.31. The molecule has 0 unspecified atom stereocenters. The van der Waals surface area contributed by atoms with Gasteiger partial charge < -0.3 is 14.5 Å². The molecule has 8 heteroatoms. The fraction of sp³-hybridized carbons (Fsp3) is 0.389. The molecular formula is C18H22N4O3S. The lowest BCUT2D eigenvalue weighted by atomic mass is 10.3. The summed E-state index contributed by atoms with van der Waals surface area (Å²) in [5.74, 6) is 1.26. The van der Waals surface area contributed by atoms with Crippen LogP contribution in [0.4, 0.5) is 0 Å². The molecule has 1 aromatic heterocycles. The van der Waals surface area contributed by atoms with Gasteiger partial charge in [0.05, 0.1) is 12.9 Å². The molecule has 1 saturated heterocycles. The number of imidazole rings is 1. The Kier molecular flexibility index (Phi) is 5.82. The SMILES string of the molecule is COc1ccc(-n2ccnc2SCC(=O)N2CCN(C(C)=O)CC2)cc1. The highest BCUT2D eigenvalue weighted by molar-refractivity contribution is 7.99. The van der Waals surface area contributed by atoms with Crippen LogP contribution in [0.1, 0.15) is 6.92 Å². The maximum absolute atomic E-state index is 12.4. The Balaban J connectivity index is 1.58. The molecule has 7 nitrogen and oxygen atoms in total. The van der Waals surface area contributed by atoms with Crippen LogP contribution in [0.3, 0.4) is 0 Å². The van der Waals surface area contributed by atoms with Crippen molar-refractivity contribution in [2.24, 2.45) is 0 Å². The lowest BCUT2D eigenvalue weighted by Gasteiger charge is -2.34. The highest BCUT2D eigenvalue weighted by Crippen LogP contribution is 2.22. The smallest absolute Gasteiger partial charge is 0.233 e. The zero-order valence-electron chi connectivity index (χ0n) is 14.9. The lowest BCUT2D eigenvalue weighted by molar-refractivity contribution is -0.136. The molecule has 26 heavy (non-hydrogen) atoms. The first kappa shape index (κ1) is 18.3. The predicted molar refractivity (Wildman–Crippen MR) is 99.7 cm³/mol. The number of piperazine rings is 1. The molecule has 138 valence electrons. The number of nitrogens with zero attached hydrogens (tertiary/aromatic N) is 4. The van der Waals surface area contributed by atoms with Crippen LogP contribution in [-0.2, 0) is 9.59 Å². The second-order valence-corrected chi connectivity index (χ2v) is 6.90. The molecule has 1 aromatic carbocycles. The summed E-state index contributed by atoms with van der Waals surface area (Å²) in [6.45, 7) is 3.95. The fourth-order valence-corrected chi connectivity index (χ4v) is 3.70. The minimum absolute atomic E-state index is 0.0630. The van der Waals surface area contributed by atoms with Crippen LogP contribution in [-0.4, -0.2) is 70.2 Å². The maximum Gasteiger partial charge on any atom is 0.233 e. The Hall–Kier alpha value is -2.48. The summed E-state index contributed by atoms with van der Waals surface area (Å²) in [6.07, 6.45) is 3.60. The molecule has 1 aliphatic rings. The van der Waals surface area contributed by atoms with E-state index in [1.807, 2.05) is 39.9 Å². The van der Waals surface area contributed by atoms with Gasteiger partial charge in [-0.1, -0.05) is 11.8 Å². The van der Waals surface area contributed by atoms with Gasteiger partial charge in [-0.25, -0.2) is 4.98 Å². The molecular weight excluding hydrogens is 352 g/mol. The van der Waals surface area contributed by atoms with Crippen molar-refractivity contribution in [1.29, 1.82) is 0 Å². The third-order valence-electron chi connectivity index (χ3n) is 4.36. The summed E-state index contributed by atoms with van der Waals surface area (Å²) in [6, 6.07) is 7.69. The number of aromatic nitrogens is 2. The largest absolute Gasteiger partial charge is 0.497 e. The average Bonchev–Trinajstić information content (AvgIpc) is 3.14. The molecule has 2 aromatic rings. The summed E-state index contributed by atoms with van der Waals surface area (Å²) in [7, 11) is 1.63. The van der Waals surface area contributed by atoms with E-state index in [2.05, 4.69) is 4.98 Å². The molecule has 0 radical (unpaired) electrons. The fourth-order valence-electron chi connectivity index (χ4n) is 2.82. The van der Waals surface area contributed by atoms with Gasteiger partial charge in [0.1, 0.15) is 5.75 Å². The van der Waals surface area contributed by atoms with Crippen molar-refractivity contribution in [2.45, 2.75) is 12.1 Å². The van der Waals surface area contributed by atoms with E-state index in [-0.39, 0.29) is 11.8 Å². The van der Waals surface area contributed by atoms with Gasteiger partial charge in [-0.15, -0.1) is 0 Å². The lowest BCUT2D eigenvalue weighted by Crippen LogP contribution is -2.50.